The molecule has 158 valence electrons. The molecule has 0 spiro atoms. The zero-order chi connectivity index (χ0) is 21.3. The topological polar surface area (TPSA) is 44.5 Å². The first-order valence-corrected chi connectivity index (χ1v) is 11.4. The van der Waals surface area contributed by atoms with Crippen molar-refractivity contribution in [2.24, 2.45) is 7.05 Å². The van der Waals surface area contributed by atoms with Gasteiger partial charge in [0.15, 0.2) is 11.3 Å². The number of aromatic nitrogens is 1. The van der Waals surface area contributed by atoms with E-state index in [1.807, 2.05) is 30.3 Å². The molecule has 30 heavy (non-hydrogen) atoms. The fourth-order valence-electron chi connectivity index (χ4n) is 3.60. The Bertz CT molecular complexity index is 905. The number of amides is 1. The van der Waals surface area contributed by atoms with Crippen LogP contribution in [0.25, 0.3) is 12.2 Å². The highest BCUT2D eigenvalue weighted by atomic mass is 32.2. The molecule has 0 N–H and O–H groups in total. The van der Waals surface area contributed by atoms with E-state index in [4.69, 9.17) is 0 Å². The highest BCUT2D eigenvalue weighted by Crippen LogP contribution is 2.24. The van der Waals surface area contributed by atoms with Crippen molar-refractivity contribution < 1.29 is 14.2 Å². The number of carbonyl (C=O) groups excluding carboxylic acids is 2. The molecule has 1 aliphatic heterocycles. The number of thioether (sulfide) groups is 1. The van der Waals surface area contributed by atoms with Crippen LogP contribution in [0.1, 0.15) is 31.0 Å². The van der Waals surface area contributed by atoms with Crippen LogP contribution in [0.5, 0.6) is 0 Å². The number of hydrogen-bond acceptors (Lipinski definition) is 4. The molecule has 6 heteroatoms. The van der Waals surface area contributed by atoms with Gasteiger partial charge < -0.3 is 9.80 Å². The molecule has 0 bridgehead atoms. The Morgan fingerprint density at radius 1 is 1.03 bits per heavy atom. The average Bonchev–Trinajstić information content (AvgIpc) is 2.76. The summed E-state index contributed by atoms with van der Waals surface area (Å²) in [6, 6.07) is 14.6. The van der Waals surface area contributed by atoms with Crippen LogP contribution in [0, 0.1) is 0 Å². The third-order valence-corrected chi connectivity index (χ3v) is 6.18. The number of rotatable bonds is 7. The molecule has 0 radical (unpaired) electrons. The summed E-state index contributed by atoms with van der Waals surface area (Å²) >= 11 is 1.30. The fraction of sp³-hybridized carbons (Fsp3) is 0.375. The molecule has 0 saturated carbocycles. The predicted octanol–water partition coefficient (Wildman–Crippen LogP) is 3.39. The molecule has 0 atom stereocenters. The second-order valence-corrected chi connectivity index (χ2v) is 8.71. The van der Waals surface area contributed by atoms with Crippen LogP contribution in [0.15, 0.2) is 48.7 Å². The number of benzene rings is 1. The number of aryl methyl sites for hydroxylation is 1. The van der Waals surface area contributed by atoms with Crippen LogP contribution in [0.4, 0.5) is 5.69 Å². The van der Waals surface area contributed by atoms with E-state index in [1.165, 1.54) is 23.0 Å². The van der Waals surface area contributed by atoms with Gasteiger partial charge in [0.25, 0.3) is 0 Å². The highest BCUT2D eigenvalue weighted by molar-refractivity contribution is 8.13. The Balaban J connectivity index is 1.58. The van der Waals surface area contributed by atoms with Gasteiger partial charge in [-0.2, -0.15) is 0 Å². The monoisotopic (exact) mass is 424 g/mol. The van der Waals surface area contributed by atoms with Crippen molar-refractivity contribution >= 4 is 40.6 Å². The van der Waals surface area contributed by atoms with Gasteiger partial charge in [0.2, 0.25) is 11.6 Å². The molecule has 5 nitrogen and oxygen atoms in total. The molecule has 1 amide bonds. The molecule has 1 aliphatic rings. The van der Waals surface area contributed by atoms with Crippen LogP contribution in [0.3, 0.4) is 0 Å². The van der Waals surface area contributed by atoms with Crippen molar-refractivity contribution in [2.75, 3.05) is 36.8 Å². The summed E-state index contributed by atoms with van der Waals surface area (Å²) in [6.07, 6.45) is 7.62. The molecular formula is C24H30N3O2S+. The maximum Gasteiger partial charge on any atom is 0.222 e. The number of anilines is 1. The molecular weight excluding hydrogens is 394 g/mol. The normalized spacial score (nSPS) is 14.3. The molecule has 1 saturated heterocycles. The van der Waals surface area contributed by atoms with Crippen molar-refractivity contribution in [3.8, 4) is 0 Å². The third kappa shape index (κ3) is 6.20. The minimum atomic E-state index is 0.116. The van der Waals surface area contributed by atoms with E-state index >= 15 is 0 Å². The maximum atomic E-state index is 12.4. The van der Waals surface area contributed by atoms with Crippen molar-refractivity contribution in [3.63, 3.8) is 0 Å². The van der Waals surface area contributed by atoms with Crippen molar-refractivity contribution in [1.82, 2.24) is 4.90 Å². The van der Waals surface area contributed by atoms with Gasteiger partial charge in [-0.15, -0.1) is 0 Å². The average molecular weight is 425 g/mol. The fourth-order valence-corrected chi connectivity index (χ4v) is 4.17. The summed E-state index contributed by atoms with van der Waals surface area (Å²) in [5.74, 6) is 0.920. The SMILES string of the molecule is CC(=O)SCCCC(=O)N1CCN(c2ccccc2/C=C/c2cccc[n+]2C)CC1. The number of nitrogens with zero attached hydrogens (tertiary/aromatic N) is 3. The minimum absolute atomic E-state index is 0.116. The summed E-state index contributed by atoms with van der Waals surface area (Å²) in [5.41, 5.74) is 3.53. The van der Waals surface area contributed by atoms with Crippen LogP contribution < -0.4 is 9.47 Å². The summed E-state index contributed by atoms with van der Waals surface area (Å²) in [7, 11) is 2.04. The lowest BCUT2D eigenvalue weighted by Crippen LogP contribution is -2.49. The Morgan fingerprint density at radius 3 is 2.50 bits per heavy atom. The molecule has 2 heterocycles. The second kappa shape index (κ2) is 11.0. The Hall–Kier alpha value is -2.60. The molecule has 0 unspecified atom stereocenters. The van der Waals surface area contributed by atoms with Gasteiger partial charge in [0, 0.05) is 69.2 Å². The molecule has 1 aromatic carbocycles. The Morgan fingerprint density at radius 2 is 1.77 bits per heavy atom. The van der Waals surface area contributed by atoms with E-state index in [2.05, 4.69) is 52.0 Å². The van der Waals surface area contributed by atoms with E-state index in [1.54, 1.807) is 6.92 Å². The van der Waals surface area contributed by atoms with Gasteiger partial charge in [-0.05, 0) is 30.2 Å². The number of para-hydroxylation sites is 1. The van der Waals surface area contributed by atoms with Crippen LogP contribution >= 0.6 is 11.8 Å². The van der Waals surface area contributed by atoms with Crippen molar-refractivity contribution in [3.05, 3.63) is 59.9 Å². The number of pyridine rings is 1. The van der Waals surface area contributed by atoms with Crippen LogP contribution in [-0.2, 0) is 16.6 Å². The Labute approximate surface area is 183 Å². The van der Waals surface area contributed by atoms with Gasteiger partial charge in [-0.1, -0.05) is 30.0 Å². The quantitative estimate of drug-likeness (QED) is 0.505. The summed E-state index contributed by atoms with van der Waals surface area (Å²) in [6.45, 7) is 4.71. The molecule has 2 aromatic rings. The first-order valence-electron chi connectivity index (χ1n) is 10.4. The molecule has 3 rings (SSSR count). The van der Waals surface area contributed by atoms with Gasteiger partial charge in [0.05, 0.1) is 0 Å². The minimum Gasteiger partial charge on any atom is -0.367 e. The van der Waals surface area contributed by atoms with Gasteiger partial charge in [-0.3, -0.25) is 9.59 Å². The summed E-state index contributed by atoms with van der Waals surface area (Å²) in [5, 5.41) is 0.116. The standard InChI is InChI=1S/C24H30N3O2S/c1-20(28)30-19-7-11-24(29)27-17-15-26(16-18-27)23-10-4-3-8-21(23)12-13-22-9-5-6-14-25(22)2/h3-6,8-10,12-14H,7,11,15-19H2,1-2H3/q+1. The number of carbonyl (C=O) groups is 2. The number of piperazine rings is 1. The highest BCUT2D eigenvalue weighted by Gasteiger charge is 2.22. The Kier molecular flexibility index (Phi) is 8.08. The molecule has 1 aromatic heterocycles. The number of hydrogen-bond donors (Lipinski definition) is 0. The first kappa shape index (κ1) is 22.1. The molecule has 0 aliphatic carbocycles. The second-order valence-electron chi connectivity index (χ2n) is 7.44. The van der Waals surface area contributed by atoms with E-state index in [0.29, 0.717) is 6.42 Å². The molecule has 1 fully saturated rings. The van der Waals surface area contributed by atoms with E-state index < -0.39 is 0 Å². The van der Waals surface area contributed by atoms with Gasteiger partial charge in [0.1, 0.15) is 7.05 Å². The van der Waals surface area contributed by atoms with E-state index in [9.17, 15) is 9.59 Å². The lowest BCUT2D eigenvalue weighted by molar-refractivity contribution is -0.673. The van der Waals surface area contributed by atoms with Crippen molar-refractivity contribution in [1.29, 1.82) is 0 Å². The first-order chi connectivity index (χ1) is 14.5. The zero-order valence-electron chi connectivity index (χ0n) is 17.8. The lowest BCUT2D eigenvalue weighted by Gasteiger charge is -2.37. The van der Waals surface area contributed by atoms with Gasteiger partial charge in [-0.25, -0.2) is 4.57 Å². The zero-order valence-corrected chi connectivity index (χ0v) is 18.6. The van der Waals surface area contributed by atoms with Crippen LogP contribution in [-0.4, -0.2) is 47.9 Å². The van der Waals surface area contributed by atoms with Crippen LogP contribution in [0.2, 0.25) is 0 Å². The van der Waals surface area contributed by atoms with E-state index in [0.717, 1.165) is 44.0 Å². The van der Waals surface area contributed by atoms with E-state index in [-0.39, 0.29) is 11.0 Å². The summed E-state index contributed by atoms with van der Waals surface area (Å²) in [4.78, 5) is 27.7. The third-order valence-electron chi connectivity index (χ3n) is 5.28. The summed E-state index contributed by atoms with van der Waals surface area (Å²) < 4.78 is 2.10. The predicted molar refractivity (Wildman–Crippen MR) is 124 cm³/mol. The largest absolute Gasteiger partial charge is 0.367 e. The lowest BCUT2D eigenvalue weighted by atomic mass is 10.1. The smallest absolute Gasteiger partial charge is 0.222 e. The van der Waals surface area contributed by atoms with Crippen molar-refractivity contribution in [2.45, 2.75) is 19.8 Å². The maximum absolute atomic E-state index is 12.4. The van der Waals surface area contributed by atoms with Gasteiger partial charge >= 0.3 is 0 Å².